The predicted molar refractivity (Wildman–Crippen MR) is 56.9 cm³/mol. The molecule has 0 aromatic heterocycles. The summed E-state index contributed by atoms with van der Waals surface area (Å²) in [5.41, 5.74) is 2.41. The smallest absolute Gasteiger partial charge is 0.313 e. The summed E-state index contributed by atoms with van der Waals surface area (Å²) < 4.78 is 4.46. The van der Waals surface area contributed by atoms with Crippen molar-refractivity contribution in [2.24, 2.45) is 0 Å². The molecule has 0 spiro atoms. The molecular weight excluding hydrogens is 192 g/mol. The van der Waals surface area contributed by atoms with Gasteiger partial charge in [-0.1, -0.05) is 18.2 Å². The second kappa shape index (κ2) is 4.73. The molecule has 3 nitrogen and oxygen atoms in total. The summed E-state index contributed by atoms with van der Waals surface area (Å²) in [6.45, 7) is 3.72. The fourth-order valence-electron chi connectivity index (χ4n) is 1.55. The number of esters is 1. The number of rotatable bonds is 3. The summed E-state index contributed by atoms with van der Waals surface area (Å²) in [5.74, 6) is -0.680. The van der Waals surface area contributed by atoms with E-state index in [-0.39, 0.29) is 12.2 Å². The minimum Gasteiger partial charge on any atom is -0.469 e. The quantitative estimate of drug-likeness (QED) is 0.432. The molecule has 0 bridgehead atoms. The number of aryl methyl sites for hydroxylation is 2. The van der Waals surface area contributed by atoms with Crippen molar-refractivity contribution in [1.82, 2.24) is 0 Å². The molecule has 0 aliphatic carbocycles. The number of ketones is 1. The molecule has 0 fully saturated rings. The highest BCUT2D eigenvalue weighted by Gasteiger charge is 2.15. The Labute approximate surface area is 89.1 Å². The molecule has 1 aromatic rings. The Morgan fingerprint density at radius 2 is 1.73 bits per heavy atom. The van der Waals surface area contributed by atoms with E-state index in [0.717, 1.165) is 11.1 Å². The molecule has 0 aliphatic heterocycles. The maximum absolute atomic E-state index is 11.8. The fourth-order valence-corrected chi connectivity index (χ4v) is 1.55. The van der Waals surface area contributed by atoms with Gasteiger partial charge in [-0.3, -0.25) is 9.59 Å². The first-order chi connectivity index (χ1) is 7.06. The van der Waals surface area contributed by atoms with E-state index in [0.29, 0.717) is 5.56 Å². The predicted octanol–water partition coefficient (Wildman–Crippen LogP) is 2.05. The zero-order chi connectivity index (χ0) is 11.4. The van der Waals surface area contributed by atoms with Gasteiger partial charge >= 0.3 is 5.97 Å². The monoisotopic (exact) mass is 206 g/mol. The number of carbonyl (C=O) groups is 2. The Bertz CT molecular complexity index is 374. The molecule has 1 rings (SSSR count). The van der Waals surface area contributed by atoms with Gasteiger partial charge < -0.3 is 4.74 Å². The van der Waals surface area contributed by atoms with Gasteiger partial charge in [-0.05, 0) is 25.0 Å². The Morgan fingerprint density at radius 3 is 2.20 bits per heavy atom. The number of methoxy groups -OCH3 is 1. The van der Waals surface area contributed by atoms with Crippen molar-refractivity contribution in [2.45, 2.75) is 20.3 Å². The van der Waals surface area contributed by atoms with Gasteiger partial charge in [0.2, 0.25) is 0 Å². The van der Waals surface area contributed by atoms with Gasteiger partial charge in [0, 0.05) is 5.56 Å². The van der Waals surface area contributed by atoms with Gasteiger partial charge in [0.05, 0.1) is 7.11 Å². The Hall–Kier alpha value is -1.64. The molecule has 1 aromatic carbocycles. The number of hydrogen-bond acceptors (Lipinski definition) is 3. The molecular formula is C12H14O3. The second-order valence-electron chi connectivity index (χ2n) is 3.44. The number of hydrogen-bond donors (Lipinski definition) is 0. The van der Waals surface area contributed by atoms with Crippen LogP contribution in [0.5, 0.6) is 0 Å². The van der Waals surface area contributed by atoms with Crippen LogP contribution in [-0.4, -0.2) is 18.9 Å². The molecule has 80 valence electrons. The zero-order valence-electron chi connectivity index (χ0n) is 9.16. The number of ether oxygens (including phenoxy) is 1. The average Bonchev–Trinajstić information content (AvgIpc) is 2.17. The number of carbonyl (C=O) groups excluding carboxylic acids is 2. The fraction of sp³-hybridized carbons (Fsp3) is 0.333. The summed E-state index contributed by atoms with van der Waals surface area (Å²) in [5, 5.41) is 0. The molecule has 15 heavy (non-hydrogen) atoms. The Balaban J connectivity index is 2.96. The molecule has 0 heterocycles. The van der Waals surface area contributed by atoms with Crippen molar-refractivity contribution in [3.05, 3.63) is 34.9 Å². The van der Waals surface area contributed by atoms with Gasteiger partial charge in [-0.15, -0.1) is 0 Å². The van der Waals surface area contributed by atoms with Crippen molar-refractivity contribution in [2.75, 3.05) is 7.11 Å². The first-order valence-electron chi connectivity index (χ1n) is 4.72. The van der Waals surface area contributed by atoms with Gasteiger partial charge in [-0.2, -0.15) is 0 Å². The molecule has 0 saturated carbocycles. The van der Waals surface area contributed by atoms with Gasteiger partial charge in [-0.25, -0.2) is 0 Å². The van der Waals surface area contributed by atoms with E-state index < -0.39 is 5.97 Å². The minimum atomic E-state index is -0.498. The third-order valence-corrected chi connectivity index (χ3v) is 2.29. The van der Waals surface area contributed by atoms with Crippen molar-refractivity contribution >= 4 is 11.8 Å². The molecule has 0 radical (unpaired) electrons. The van der Waals surface area contributed by atoms with E-state index in [4.69, 9.17) is 0 Å². The van der Waals surface area contributed by atoms with E-state index >= 15 is 0 Å². The summed E-state index contributed by atoms with van der Waals surface area (Å²) in [6.07, 6.45) is -0.192. The first kappa shape index (κ1) is 11.4. The van der Waals surface area contributed by atoms with Crippen LogP contribution in [0, 0.1) is 13.8 Å². The van der Waals surface area contributed by atoms with Gasteiger partial charge in [0.1, 0.15) is 6.42 Å². The van der Waals surface area contributed by atoms with E-state index in [2.05, 4.69) is 4.74 Å². The molecule has 0 atom stereocenters. The van der Waals surface area contributed by atoms with E-state index in [1.165, 1.54) is 7.11 Å². The third-order valence-electron chi connectivity index (χ3n) is 2.29. The van der Waals surface area contributed by atoms with E-state index in [1.54, 1.807) is 0 Å². The van der Waals surface area contributed by atoms with Crippen LogP contribution in [0.25, 0.3) is 0 Å². The highest BCUT2D eigenvalue weighted by Crippen LogP contribution is 2.15. The van der Waals surface area contributed by atoms with Crippen molar-refractivity contribution < 1.29 is 14.3 Å². The lowest BCUT2D eigenvalue weighted by molar-refractivity contribution is -0.139. The van der Waals surface area contributed by atoms with Crippen molar-refractivity contribution in [3.8, 4) is 0 Å². The maximum atomic E-state index is 11.8. The minimum absolute atomic E-state index is 0.183. The lowest BCUT2D eigenvalue weighted by atomic mass is 9.98. The molecule has 0 unspecified atom stereocenters. The van der Waals surface area contributed by atoms with Gasteiger partial charge in [0.25, 0.3) is 0 Å². The standard InChI is InChI=1S/C12H14O3/c1-8-5-4-6-9(2)12(8)10(13)7-11(14)15-3/h4-6H,7H2,1-3H3. The summed E-state index contributed by atoms with van der Waals surface area (Å²) >= 11 is 0. The molecule has 3 heteroatoms. The normalized spacial score (nSPS) is 9.80. The molecule has 0 saturated heterocycles. The van der Waals surface area contributed by atoms with Crippen LogP contribution in [-0.2, 0) is 9.53 Å². The van der Waals surface area contributed by atoms with Crippen LogP contribution in [0.4, 0.5) is 0 Å². The lowest BCUT2D eigenvalue weighted by Crippen LogP contribution is -2.12. The Morgan fingerprint density at radius 1 is 1.20 bits per heavy atom. The van der Waals surface area contributed by atoms with Crippen LogP contribution in [0.3, 0.4) is 0 Å². The molecule has 0 N–H and O–H groups in total. The van der Waals surface area contributed by atoms with Crippen LogP contribution in [0.15, 0.2) is 18.2 Å². The van der Waals surface area contributed by atoms with Crippen molar-refractivity contribution in [1.29, 1.82) is 0 Å². The van der Waals surface area contributed by atoms with Crippen LogP contribution in [0.2, 0.25) is 0 Å². The Kier molecular flexibility index (Phi) is 3.61. The summed E-state index contributed by atoms with van der Waals surface area (Å²) in [4.78, 5) is 22.7. The maximum Gasteiger partial charge on any atom is 0.313 e. The SMILES string of the molecule is COC(=O)CC(=O)c1c(C)cccc1C. The van der Waals surface area contributed by atoms with Gasteiger partial charge in [0.15, 0.2) is 5.78 Å². The highest BCUT2D eigenvalue weighted by molar-refractivity contribution is 6.07. The topological polar surface area (TPSA) is 43.4 Å². The van der Waals surface area contributed by atoms with Crippen LogP contribution >= 0.6 is 0 Å². The zero-order valence-corrected chi connectivity index (χ0v) is 9.16. The number of Topliss-reactive ketones (excluding diaryl/α,β-unsaturated/α-hetero) is 1. The number of benzene rings is 1. The van der Waals surface area contributed by atoms with Crippen LogP contribution < -0.4 is 0 Å². The van der Waals surface area contributed by atoms with Crippen LogP contribution in [0.1, 0.15) is 27.9 Å². The van der Waals surface area contributed by atoms with E-state index in [9.17, 15) is 9.59 Å². The lowest BCUT2D eigenvalue weighted by Gasteiger charge is -2.07. The van der Waals surface area contributed by atoms with Crippen molar-refractivity contribution in [3.63, 3.8) is 0 Å². The third kappa shape index (κ3) is 2.65. The average molecular weight is 206 g/mol. The first-order valence-corrected chi connectivity index (χ1v) is 4.72. The summed E-state index contributed by atoms with van der Waals surface area (Å²) in [7, 11) is 1.28. The largest absolute Gasteiger partial charge is 0.469 e. The summed E-state index contributed by atoms with van der Waals surface area (Å²) in [6, 6.07) is 5.61. The second-order valence-corrected chi connectivity index (χ2v) is 3.44. The van der Waals surface area contributed by atoms with E-state index in [1.807, 2.05) is 32.0 Å². The molecule has 0 amide bonds. The highest BCUT2D eigenvalue weighted by atomic mass is 16.5. The molecule has 0 aliphatic rings.